The SMILES string of the molecule is O=C(NCCn1cc(Br)cn1)c1cccc(COc2ccc(F)cc2F)c1. The molecule has 1 amide bonds. The average Bonchev–Trinajstić information content (AvgIpc) is 3.06. The molecule has 3 aromatic rings. The number of aromatic nitrogens is 2. The number of amides is 1. The van der Waals surface area contributed by atoms with E-state index in [9.17, 15) is 13.6 Å². The second-order valence-corrected chi connectivity index (χ2v) is 6.66. The van der Waals surface area contributed by atoms with Crippen LogP contribution < -0.4 is 10.1 Å². The fraction of sp³-hybridized carbons (Fsp3) is 0.158. The van der Waals surface area contributed by atoms with E-state index in [1.165, 1.54) is 6.07 Å². The molecule has 1 aromatic heterocycles. The third-order valence-corrected chi connectivity index (χ3v) is 4.12. The van der Waals surface area contributed by atoms with Crippen LogP contribution in [0.15, 0.2) is 59.3 Å². The number of halogens is 3. The van der Waals surface area contributed by atoms with Gasteiger partial charge in [-0.25, -0.2) is 8.78 Å². The smallest absolute Gasteiger partial charge is 0.251 e. The minimum Gasteiger partial charge on any atom is -0.486 e. The molecule has 140 valence electrons. The van der Waals surface area contributed by atoms with Crippen molar-refractivity contribution in [2.45, 2.75) is 13.2 Å². The van der Waals surface area contributed by atoms with Gasteiger partial charge in [-0.1, -0.05) is 12.1 Å². The lowest BCUT2D eigenvalue weighted by Gasteiger charge is -2.09. The van der Waals surface area contributed by atoms with Crippen LogP contribution in [0.1, 0.15) is 15.9 Å². The average molecular weight is 436 g/mol. The van der Waals surface area contributed by atoms with E-state index in [0.717, 1.165) is 16.6 Å². The van der Waals surface area contributed by atoms with Crippen LogP contribution in [-0.4, -0.2) is 22.2 Å². The van der Waals surface area contributed by atoms with E-state index in [1.54, 1.807) is 35.1 Å². The first-order valence-corrected chi connectivity index (χ1v) is 8.93. The van der Waals surface area contributed by atoms with Gasteiger partial charge in [0.1, 0.15) is 12.4 Å². The van der Waals surface area contributed by atoms with Gasteiger partial charge < -0.3 is 10.1 Å². The van der Waals surface area contributed by atoms with Gasteiger partial charge in [0.05, 0.1) is 17.2 Å². The predicted molar refractivity (Wildman–Crippen MR) is 99.4 cm³/mol. The highest BCUT2D eigenvalue weighted by atomic mass is 79.9. The molecular weight excluding hydrogens is 420 g/mol. The van der Waals surface area contributed by atoms with Gasteiger partial charge in [0.15, 0.2) is 11.6 Å². The zero-order valence-electron chi connectivity index (χ0n) is 14.2. The van der Waals surface area contributed by atoms with E-state index in [-0.39, 0.29) is 18.3 Å². The molecule has 0 aliphatic heterocycles. The van der Waals surface area contributed by atoms with Gasteiger partial charge in [-0.15, -0.1) is 0 Å². The summed E-state index contributed by atoms with van der Waals surface area (Å²) in [7, 11) is 0. The number of nitrogens with zero attached hydrogens (tertiary/aromatic N) is 2. The van der Waals surface area contributed by atoms with Crippen molar-refractivity contribution in [3.63, 3.8) is 0 Å². The standard InChI is InChI=1S/C19H16BrF2N3O2/c20-15-10-24-25(11-15)7-6-23-19(26)14-3-1-2-13(8-14)12-27-18-5-4-16(21)9-17(18)22/h1-5,8-11H,6-7,12H2,(H,23,26). The molecule has 0 unspecified atom stereocenters. The van der Waals surface area contributed by atoms with E-state index in [2.05, 4.69) is 26.3 Å². The largest absolute Gasteiger partial charge is 0.486 e. The molecule has 27 heavy (non-hydrogen) atoms. The molecule has 1 heterocycles. The van der Waals surface area contributed by atoms with E-state index < -0.39 is 11.6 Å². The molecule has 2 aromatic carbocycles. The van der Waals surface area contributed by atoms with Crippen LogP contribution in [-0.2, 0) is 13.2 Å². The molecule has 8 heteroatoms. The van der Waals surface area contributed by atoms with Crippen molar-refractivity contribution in [1.82, 2.24) is 15.1 Å². The first-order chi connectivity index (χ1) is 13.0. The minimum absolute atomic E-state index is 0.0448. The van der Waals surface area contributed by atoms with Crippen LogP contribution in [0.25, 0.3) is 0 Å². The van der Waals surface area contributed by atoms with Crippen molar-refractivity contribution in [1.29, 1.82) is 0 Å². The molecule has 0 saturated carbocycles. The Morgan fingerprint density at radius 1 is 1.22 bits per heavy atom. The predicted octanol–water partition coefficient (Wildman–Crippen LogP) is 3.93. The number of ether oxygens (including phenoxy) is 1. The third-order valence-electron chi connectivity index (χ3n) is 3.71. The quantitative estimate of drug-likeness (QED) is 0.611. The molecule has 1 N–H and O–H groups in total. The molecule has 0 atom stereocenters. The fourth-order valence-corrected chi connectivity index (χ4v) is 2.73. The highest BCUT2D eigenvalue weighted by Crippen LogP contribution is 2.19. The second kappa shape index (κ2) is 8.77. The molecule has 0 aliphatic rings. The Morgan fingerprint density at radius 3 is 2.81 bits per heavy atom. The van der Waals surface area contributed by atoms with Gasteiger partial charge in [0, 0.05) is 24.4 Å². The van der Waals surface area contributed by atoms with Crippen LogP contribution >= 0.6 is 15.9 Å². The first kappa shape index (κ1) is 19.0. The number of carbonyl (C=O) groups is 1. The maximum Gasteiger partial charge on any atom is 0.251 e. The normalized spacial score (nSPS) is 10.6. The third kappa shape index (κ3) is 5.37. The highest BCUT2D eigenvalue weighted by Gasteiger charge is 2.08. The molecule has 0 fully saturated rings. The molecule has 5 nitrogen and oxygen atoms in total. The van der Waals surface area contributed by atoms with Gasteiger partial charge in [-0.3, -0.25) is 9.48 Å². The Labute approximate surface area is 163 Å². The molecule has 0 spiro atoms. The van der Waals surface area contributed by atoms with Crippen molar-refractivity contribution < 1.29 is 18.3 Å². The first-order valence-electron chi connectivity index (χ1n) is 8.14. The number of nitrogens with one attached hydrogen (secondary N) is 1. The summed E-state index contributed by atoms with van der Waals surface area (Å²) in [5.41, 5.74) is 1.17. The Balaban J connectivity index is 1.55. The molecule has 0 bridgehead atoms. The summed E-state index contributed by atoms with van der Waals surface area (Å²) < 4.78 is 34.5. The summed E-state index contributed by atoms with van der Waals surface area (Å²) in [6, 6.07) is 9.95. The molecule has 0 saturated heterocycles. The van der Waals surface area contributed by atoms with Gasteiger partial charge in [0.25, 0.3) is 5.91 Å². The van der Waals surface area contributed by atoms with E-state index >= 15 is 0 Å². The van der Waals surface area contributed by atoms with E-state index in [0.29, 0.717) is 24.2 Å². The van der Waals surface area contributed by atoms with Crippen LogP contribution in [0.3, 0.4) is 0 Å². The molecule has 0 radical (unpaired) electrons. The summed E-state index contributed by atoms with van der Waals surface area (Å²) in [5.74, 6) is -1.71. The molecule has 0 aliphatic carbocycles. The van der Waals surface area contributed by atoms with Crippen molar-refractivity contribution in [3.8, 4) is 5.75 Å². The Kier molecular flexibility index (Phi) is 6.18. The topological polar surface area (TPSA) is 56.2 Å². The summed E-state index contributed by atoms with van der Waals surface area (Å²) in [6.07, 6.45) is 3.49. The summed E-state index contributed by atoms with van der Waals surface area (Å²) in [6.45, 7) is 1.03. The Bertz CT molecular complexity index is 946. The summed E-state index contributed by atoms with van der Waals surface area (Å²) in [5, 5.41) is 6.93. The zero-order chi connectivity index (χ0) is 19.2. The van der Waals surface area contributed by atoms with Gasteiger partial charge in [-0.05, 0) is 45.8 Å². The summed E-state index contributed by atoms with van der Waals surface area (Å²) in [4.78, 5) is 12.3. The molecular formula is C19H16BrF2N3O2. The lowest BCUT2D eigenvalue weighted by atomic mass is 10.1. The van der Waals surface area contributed by atoms with Crippen molar-refractivity contribution >= 4 is 21.8 Å². The Hall–Kier alpha value is -2.74. The van der Waals surface area contributed by atoms with Gasteiger partial charge >= 0.3 is 0 Å². The number of hydrogen-bond acceptors (Lipinski definition) is 3. The fourth-order valence-electron chi connectivity index (χ4n) is 2.40. The Morgan fingerprint density at radius 2 is 2.07 bits per heavy atom. The van der Waals surface area contributed by atoms with Crippen LogP contribution in [0.4, 0.5) is 8.78 Å². The lowest BCUT2D eigenvalue weighted by molar-refractivity contribution is 0.0951. The minimum atomic E-state index is -0.769. The number of benzene rings is 2. The van der Waals surface area contributed by atoms with Crippen molar-refractivity contribution in [2.75, 3.05) is 6.54 Å². The van der Waals surface area contributed by atoms with Gasteiger partial charge in [-0.2, -0.15) is 5.10 Å². The highest BCUT2D eigenvalue weighted by molar-refractivity contribution is 9.10. The zero-order valence-corrected chi connectivity index (χ0v) is 15.7. The molecule has 3 rings (SSSR count). The summed E-state index contributed by atoms with van der Waals surface area (Å²) >= 11 is 3.31. The monoisotopic (exact) mass is 435 g/mol. The lowest BCUT2D eigenvalue weighted by Crippen LogP contribution is -2.27. The van der Waals surface area contributed by atoms with Crippen LogP contribution in [0.2, 0.25) is 0 Å². The van der Waals surface area contributed by atoms with Crippen LogP contribution in [0, 0.1) is 11.6 Å². The maximum atomic E-state index is 13.6. The number of hydrogen-bond donors (Lipinski definition) is 1. The van der Waals surface area contributed by atoms with E-state index in [4.69, 9.17) is 4.74 Å². The second-order valence-electron chi connectivity index (χ2n) is 5.74. The maximum absolute atomic E-state index is 13.6. The van der Waals surface area contributed by atoms with Gasteiger partial charge in [0.2, 0.25) is 0 Å². The van der Waals surface area contributed by atoms with Crippen molar-refractivity contribution in [2.24, 2.45) is 0 Å². The van der Waals surface area contributed by atoms with Crippen molar-refractivity contribution in [3.05, 3.63) is 82.1 Å². The van der Waals surface area contributed by atoms with Crippen LogP contribution in [0.5, 0.6) is 5.75 Å². The number of rotatable bonds is 7. The number of carbonyl (C=O) groups excluding carboxylic acids is 1. The van der Waals surface area contributed by atoms with E-state index in [1.807, 2.05) is 6.20 Å².